The van der Waals surface area contributed by atoms with Gasteiger partial charge in [0.05, 0.1) is 0 Å². The molecule has 2 saturated heterocycles. The molecular formula is C8H16N2. The maximum atomic E-state index is 3.64. The van der Waals surface area contributed by atoms with E-state index in [9.17, 15) is 0 Å². The quantitative estimate of drug-likeness (QED) is 0.525. The Labute approximate surface area is 62.6 Å². The van der Waals surface area contributed by atoms with Crippen LogP contribution >= 0.6 is 0 Å². The minimum atomic E-state index is 0.803. The highest BCUT2D eigenvalue weighted by Gasteiger charge is 2.27. The lowest BCUT2D eigenvalue weighted by molar-refractivity contribution is 0.150. The molecule has 0 saturated carbocycles. The van der Waals surface area contributed by atoms with Crippen LogP contribution in [0.15, 0.2) is 0 Å². The molecule has 0 spiro atoms. The molecule has 2 atom stereocenters. The van der Waals surface area contributed by atoms with Crippen LogP contribution in [0.5, 0.6) is 0 Å². The van der Waals surface area contributed by atoms with Gasteiger partial charge < -0.3 is 10.2 Å². The second-order valence-corrected chi connectivity index (χ2v) is 3.71. The third kappa shape index (κ3) is 1.18. The number of rotatable bonds is 0. The number of hydrogen-bond donors (Lipinski definition) is 1. The van der Waals surface area contributed by atoms with Gasteiger partial charge in [0, 0.05) is 25.2 Å². The van der Waals surface area contributed by atoms with Gasteiger partial charge in [0.2, 0.25) is 0 Å². The first kappa shape index (κ1) is 6.62. The van der Waals surface area contributed by atoms with Crippen molar-refractivity contribution < 1.29 is 0 Å². The number of hydrogen-bond acceptors (Lipinski definition) is 2. The molecule has 0 aromatic carbocycles. The summed E-state index contributed by atoms with van der Waals surface area (Å²) in [5.41, 5.74) is 0. The molecule has 2 bridgehead atoms. The first-order valence-electron chi connectivity index (χ1n) is 4.29. The first-order valence-corrected chi connectivity index (χ1v) is 4.29. The topological polar surface area (TPSA) is 15.3 Å². The second kappa shape index (κ2) is 2.51. The van der Waals surface area contributed by atoms with E-state index >= 15 is 0 Å². The Morgan fingerprint density at radius 3 is 2.40 bits per heavy atom. The standard InChI is InChI=1S/C8H16N2/c1-10-5-7-3-2-4-8(6-10)9-7/h7-9H,2-6H2,1H3. The number of fused-ring (bicyclic) bond motifs is 2. The van der Waals surface area contributed by atoms with Crippen LogP contribution in [-0.4, -0.2) is 37.1 Å². The fraction of sp³-hybridized carbons (Fsp3) is 1.00. The maximum absolute atomic E-state index is 3.64. The molecule has 2 heteroatoms. The van der Waals surface area contributed by atoms with E-state index in [2.05, 4.69) is 17.3 Å². The van der Waals surface area contributed by atoms with E-state index in [1.165, 1.54) is 32.4 Å². The van der Waals surface area contributed by atoms with E-state index in [1.807, 2.05) is 0 Å². The average molecular weight is 140 g/mol. The highest BCUT2D eigenvalue weighted by Crippen LogP contribution is 2.17. The Morgan fingerprint density at radius 1 is 1.20 bits per heavy atom. The average Bonchev–Trinajstić information content (AvgIpc) is 1.85. The Bertz CT molecular complexity index is 108. The number of nitrogens with zero attached hydrogens (tertiary/aromatic N) is 1. The highest BCUT2D eigenvalue weighted by molar-refractivity contribution is 4.88. The van der Waals surface area contributed by atoms with Gasteiger partial charge in [-0.25, -0.2) is 0 Å². The molecule has 2 aliphatic rings. The van der Waals surface area contributed by atoms with Crippen molar-refractivity contribution in [3.05, 3.63) is 0 Å². The SMILES string of the molecule is CN1CC2CCCC(C1)N2. The summed E-state index contributed by atoms with van der Waals surface area (Å²) in [7, 11) is 2.23. The lowest BCUT2D eigenvalue weighted by Crippen LogP contribution is -2.57. The molecular weight excluding hydrogens is 124 g/mol. The molecule has 58 valence electrons. The molecule has 0 radical (unpaired) electrons. The summed E-state index contributed by atoms with van der Waals surface area (Å²) in [4.78, 5) is 2.45. The zero-order valence-electron chi connectivity index (χ0n) is 6.64. The van der Waals surface area contributed by atoms with E-state index in [0.717, 1.165) is 12.1 Å². The van der Waals surface area contributed by atoms with Crippen molar-refractivity contribution in [2.45, 2.75) is 31.3 Å². The summed E-state index contributed by atoms with van der Waals surface area (Å²) in [6.45, 7) is 2.52. The maximum Gasteiger partial charge on any atom is 0.0198 e. The molecule has 0 aromatic rings. The van der Waals surface area contributed by atoms with Crippen LogP contribution in [0.1, 0.15) is 19.3 Å². The van der Waals surface area contributed by atoms with Gasteiger partial charge >= 0.3 is 0 Å². The first-order chi connectivity index (χ1) is 4.84. The lowest BCUT2D eigenvalue weighted by Gasteiger charge is -2.40. The predicted molar refractivity (Wildman–Crippen MR) is 42.1 cm³/mol. The molecule has 10 heavy (non-hydrogen) atoms. The molecule has 0 aliphatic carbocycles. The molecule has 2 fully saturated rings. The summed E-state index contributed by atoms with van der Waals surface area (Å²) in [5, 5.41) is 3.64. The van der Waals surface area contributed by atoms with Crippen LogP contribution in [0.2, 0.25) is 0 Å². The van der Waals surface area contributed by atoms with E-state index in [4.69, 9.17) is 0 Å². The zero-order chi connectivity index (χ0) is 6.97. The van der Waals surface area contributed by atoms with E-state index in [0.29, 0.717) is 0 Å². The minimum absolute atomic E-state index is 0.803. The highest BCUT2D eigenvalue weighted by atomic mass is 15.2. The third-order valence-corrected chi connectivity index (χ3v) is 2.64. The minimum Gasteiger partial charge on any atom is -0.309 e. The van der Waals surface area contributed by atoms with Crippen molar-refractivity contribution in [2.24, 2.45) is 0 Å². The molecule has 2 heterocycles. The summed E-state index contributed by atoms with van der Waals surface area (Å²) >= 11 is 0. The summed E-state index contributed by atoms with van der Waals surface area (Å²) in [5.74, 6) is 0. The van der Waals surface area contributed by atoms with Crippen molar-refractivity contribution in [1.82, 2.24) is 10.2 Å². The molecule has 2 unspecified atom stereocenters. The van der Waals surface area contributed by atoms with Crippen LogP contribution in [-0.2, 0) is 0 Å². The summed E-state index contributed by atoms with van der Waals surface area (Å²) in [6.07, 6.45) is 4.22. The van der Waals surface area contributed by atoms with E-state index < -0.39 is 0 Å². The smallest absolute Gasteiger partial charge is 0.0198 e. The lowest BCUT2D eigenvalue weighted by atomic mass is 9.95. The monoisotopic (exact) mass is 140 g/mol. The zero-order valence-corrected chi connectivity index (χ0v) is 6.64. The largest absolute Gasteiger partial charge is 0.309 e. The molecule has 2 rings (SSSR count). The van der Waals surface area contributed by atoms with Crippen LogP contribution in [0.25, 0.3) is 0 Å². The Balaban J connectivity index is 1.98. The molecule has 1 N–H and O–H groups in total. The van der Waals surface area contributed by atoms with Crippen molar-refractivity contribution in [3.63, 3.8) is 0 Å². The van der Waals surface area contributed by atoms with Gasteiger partial charge in [-0.3, -0.25) is 0 Å². The number of piperazine rings is 1. The molecule has 2 nitrogen and oxygen atoms in total. The molecule has 2 aliphatic heterocycles. The van der Waals surface area contributed by atoms with Crippen molar-refractivity contribution in [3.8, 4) is 0 Å². The third-order valence-electron chi connectivity index (χ3n) is 2.64. The Morgan fingerprint density at radius 2 is 1.80 bits per heavy atom. The number of likely N-dealkylation sites (tertiary alicyclic amines) is 1. The Kier molecular flexibility index (Phi) is 1.66. The molecule has 0 aromatic heterocycles. The van der Waals surface area contributed by atoms with E-state index in [1.54, 1.807) is 0 Å². The van der Waals surface area contributed by atoms with Gasteiger partial charge in [-0.05, 0) is 19.9 Å². The fourth-order valence-corrected chi connectivity index (χ4v) is 2.23. The number of nitrogens with one attached hydrogen (secondary N) is 1. The fourth-order valence-electron chi connectivity index (χ4n) is 2.23. The predicted octanol–water partition coefficient (Wildman–Crippen LogP) is 0.442. The van der Waals surface area contributed by atoms with Gasteiger partial charge in [0.15, 0.2) is 0 Å². The number of likely N-dealkylation sites (N-methyl/N-ethyl adjacent to an activating group) is 1. The van der Waals surface area contributed by atoms with Crippen molar-refractivity contribution >= 4 is 0 Å². The van der Waals surface area contributed by atoms with Crippen LogP contribution < -0.4 is 5.32 Å². The van der Waals surface area contributed by atoms with E-state index in [-0.39, 0.29) is 0 Å². The van der Waals surface area contributed by atoms with Gasteiger partial charge in [0.1, 0.15) is 0 Å². The van der Waals surface area contributed by atoms with Gasteiger partial charge in [0.25, 0.3) is 0 Å². The van der Waals surface area contributed by atoms with Gasteiger partial charge in [-0.15, -0.1) is 0 Å². The van der Waals surface area contributed by atoms with Gasteiger partial charge in [-0.2, -0.15) is 0 Å². The Hall–Kier alpha value is -0.0800. The van der Waals surface area contributed by atoms with Gasteiger partial charge in [-0.1, -0.05) is 6.42 Å². The molecule has 0 amide bonds. The van der Waals surface area contributed by atoms with Crippen molar-refractivity contribution in [1.29, 1.82) is 0 Å². The van der Waals surface area contributed by atoms with Crippen molar-refractivity contribution in [2.75, 3.05) is 20.1 Å². The number of piperidine rings is 1. The summed E-state index contributed by atoms with van der Waals surface area (Å²) in [6, 6.07) is 1.61. The second-order valence-electron chi connectivity index (χ2n) is 3.71. The normalized spacial score (nSPS) is 41.7. The van der Waals surface area contributed by atoms with Crippen LogP contribution in [0.3, 0.4) is 0 Å². The van der Waals surface area contributed by atoms with Crippen LogP contribution in [0, 0.1) is 0 Å². The van der Waals surface area contributed by atoms with Crippen LogP contribution in [0.4, 0.5) is 0 Å². The summed E-state index contributed by atoms with van der Waals surface area (Å²) < 4.78 is 0.